The number of aryl methyl sites for hydroxylation is 2. The van der Waals surface area contributed by atoms with Crippen LogP contribution in [0.5, 0.6) is 0 Å². The molecule has 0 atom stereocenters. The summed E-state index contributed by atoms with van der Waals surface area (Å²) >= 11 is 1.35. The van der Waals surface area contributed by atoms with E-state index in [-0.39, 0.29) is 12.6 Å². The summed E-state index contributed by atoms with van der Waals surface area (Å²) in [5, 5.41) is 0. The molecule has 0 amide bonds. The molecule has 0 spiro atoms. The van der Waals surface area contributed by atoms with E-state index in [0.717, 1.165) is 16.0 Å². The number of nitrogens with zero attached hydrogens (tertiary/aromatic N) is 1. The maximum absolute atomic E-state index is 11.8. The van der Waals surface area contributed by atoms with Crippen molar-refractivity contribution in [2.24, 2.45) is 0 Å². The lowest BCUT2D eigenvalue weighted by Gasteiger charge is -2.03. The molecule has 0 bridgehead atoms. The van der Waals surface area contributed by atoms with Crippen molar-refractivity contribution in [3.05, 3.63) is 45.4 Å². The van der Waals surface area contributed by atoms with E-state index >= 15 is 0 Å². The van der Waals surface area contributed by atoms with Gasteiger partial charge in [-0.25, -0.2) is 4.79 Å². The number of carbonyl (C=O) groups is 1. The van der Waals surface area contributed by atoms with Crippen molar-refractivity contribution in [1.29, 1.82) is 0 Å². The summed E-state index contributed by atoms with van der Waals surface area (Å²) in [5.74, 6) is -0.346. The molecule has 2 aromatic rings. The maximum atomic E-state index is 11.8. The van der Waals surface area contributed by atoms with Gasteiger partial charge in [0.15, 0.2) is 0 Å². The van der Waals surface area contributed by atoms with Crippen LogP contribution in [0.1, 0.15) is 25.7 Å². The fourth-order valence-corrected chi connectivity index (χ4v) is 2.35. The molecule has 0 aliphatic carbocycles. The molecule has 0 unspecified atom stereocenters. The molecule has 2 heterocycles. The molecular formula is C13H14N2O2S. The third kappa shape index (κ3) is 2.87. The van der Waals surface area contributed by atoms with E-state index in [1.54, 1.807) is 18.5 Å². The average molecular weight is 262 g/mol. The molecule has 2 rings (SSSR count). The highest BCUT2D eigenvalue weighted by molar-refractivity contribution is 7.14. The van der Waals surface area contributed by atoms with Gasteiger partial charge >= 0.3 is 5.97 Å². The summed E-state index contributed by atoms with van der Waals surface area (Å²) in [7, 11) is 0. The van der Waals surface area contributed by atoms with Crippen LogP contribution in [0.2, 0.25) is 0 Å². The number of anilines is 1. The Hall–Kier alpha value is -1.88. The number of aromatic nitrogens is 1. The summed E-state index contributed by atoms with van der Waals surface area (Å²) < 4.78 is 5.21. The van der Waals surface area contributed by atoms with Gasteiger partial charge in [0.2, 0.25) is 0 Å². The van der Waals surface area contributed by atoms with Gasteiger partial charge in [-0.05, 0) is 31.5 Å². The number of nitrogen functional groups attached to an aromatic ring is 1. The number of ether oxygens (including phenoxy) is 1. The Balaban J connectivity index is 2.00. The SMILES string of the molecule is Cc1cncc(COC(=O)c2cc(N)c(C)s2)c1. The molecule has 0 aliphatic heterocycles. The fourth-order valence-electron chi connectivity index (χ4n) is 1.51. The average Bonchev–Trinajstić information content (AvgIpc) is 2.67. The summed E-state index contributed by atoms with van der Waals surface area (Å²) in [6, 6.07) is 3.59. The summed E-state index contributed by atoms with van der Waals surface area (Å²) in [6.45, 7) is 4.05. The molecule has 2 aromatic heterocycles. The summed E-state index contributed by atoms with van der Waals surface area (Å²) in [4.78, 5) is 17.3. The molecular weight excluding hydrogens is 248 g/mol. The zero-order valence-electron chi connectivity index (χ0n) is 10.3. The largest absolute Gasteiger partial charge is 0.457 e. The zero-order chi connectivity index (χ0) is 13.1. The number of pyridine rings is 1. The van der Waals surface area contributed by atoms with Gasteiger partial charge in [0.05, 0.1) is 0 Å². The lowest BCUT2D eigenvalue weighted by molar-refractivity contribution is 0.0478. The third-order valence-corrected chi connectivity index (χ3v) is 3.51. The van der Waals surface area contributed by atoms with Crippen molar-refractivity contribution in [2.45, 2.75) is 20.5 Å². The molecule has 2 N–H and O–H groups in total. The lowest BCUT2D eigenvalue weighted by Crippen LogP contribution is -2.03. The van der Waals surface area contributed by atoms with Gasteiger partial charge in [0.25, 0.3) is 0 Å². The molecule has 0 radical (unpaired) electrons. The number of esters is 1. The molecule has 4 nitrogen and oxygen atoms in total. The lowest BCUT2D eigenvalue weighted by atomic mass is 10.2. The number of hydrogen-bond donors (Lipinski definition) is 1. The molecule has 0 aliphatic rings. The zero-order valence-corrected chi connectivity index (χ0v) is 11.1. The van der Waals surface area contributed by atoms with Crippen molar-refractivity contribution >= 4 is 23.0 Å². The first-order valence-corrected chi connectivity index (χ1v) is 6.31. The van der Waals surface area contributed by atoms with Gasteiger partial charge in [-0.15, -0.1) is 11.3 Å². The normalized spacial score (nSPS) is 10.3. The quantitative estimate of drug-likeness (QED) is 0.864. The van der Waals surface area contributed by atoms with Gasteiger partial charge < -0.3 is 10.5 Å². The van der Waals surface area contributed by atoms with Crippen LogP contribution in [-0.2, 0) is 11.3 Å². The predicted octanol–water partition coefficient (Wildman–Crippen LogP) is 2.70. The standard InChI is InChI=1S/C13H14N2O2S/c1-8-3-10(6-15-5-8)7-17-13(16)12-4-11(14)9(2)18-12/h3-6H,7,14H2,1-2H3. The number of nitrogens with two attached hydrogens (primary N) is 1. The minimum atomic E-state index is -0.346. The first-order valence-electron chi connectivity index (χ1n) is 5.50. The highest BCUT2D eigenvalue weighted by Crippen LogP contribution is 2.24. The molecule has 0 saturated carbocycles. The van der Waals surface area contributed by atoms with Crippen LogP contribution in [0.25, 0.3) is 0 Å². The van der Waals surface area contributed by atoms with E-state index in [1.807, 2.05) is 19.9 Å². The van der Waals surface area contributed by atoms with E-state index < -0.39 is 0 Å². The van der Waals surface area contributed by atoms with Crippen molar-refractivity contribution in [3.8, 4) is 0 Å². The van der Waals surface area contributed by atoms with Crippen LogP contribution in [0.3, 0.4) is 0 Å². The summed E-state index contributed by atoms with van der Waals surface area (Å²) in [5.41, 5.74) is 8.25. The van der Waals surface area contributed by atoms with E-state index in [1.165, 1.54) is 11.3 Å². The van der Waals surface area contributed by atoms with E-state index in [2.05, 4.69) is 4.98 Å². The van der Waals surface area contributed by atoms with E-state index in [0.29, 0.717) is 10.6 Å². The van der Waals surface area contributed by atoms with Crippen LogP contribution >= 0.6 is 11.3 Å². The van der Waals surface area contributed by atoms with Gasteiger partial charge in [0.1, 0.15) is 11.5 Å². The van der Waals surface area contributed by atoms with Crippen molar-refractivity contribution in [3.63, 3.8) is 0 Å². The Morgan fingerprint density at radius 3 is 2.78 bits per heavy atom. The second-order valence-corrected chi connectivity index (χ2v) is 5.33. The van der Waals surface area contributed by atoms with Crippen LogP contribution in [-0.4, -0.2) is 11.0 Å². The molecule has 18 heavy (non-hydrogen) atoms. The highest BCUT2D eigenvalue weighted by Gasteiger charge is 2.12. The number of rotatable bonds is 3. The Labute approximate surface area is 109 Å². The summed E-state index contributed by atoms with van der Waals surface area (Å²) in [6.07, 6.45) is 3.45. The van der Waals surface area contributed by atoms with Crippen molar-refractivity contribution in [1.82, 2.24) is 4.98 Å². The minimum absolute atomic E-state index is 0.227. The van der Waals surface area contributed by atoms with Crippen LogP contribution in [0.15, 0.2) is 24.5 Å². The van der Waals surface area contributed by atoms with Crippen molar-refractivity contribution < 1.29 is 9.53 Å². The molecule has 94 valence electrons. The van der Waals surface area contributed by atoms with Gasteiger partial charge in [0, 0.05) is 28.5 Å². The second kappa shape index (κ2) is 5.18. The van der Waals surface area contributed by atoms with Crippen LogP contribution in [0.4, 0.5) is 5.69 Å². The second-order valence-electron chi connectivity index (χ2n) is 4.07. The monoisotopic (exact) mass is 262 g/mol. The van der Waals surface area contributed by atoms with Crippen LogP contribution in [0, 0.1) is 13.8 Å². The Kier molecular flexibility index (Phi) is 3.62. The first-order chi connectivity index (χ1) is 8.56. The Morgan fingerprint density at radius 2 is 2.17 bits per heavy atom. The molecule has 5 heteroatoms. The number of hydrogen-bond acceptors (Lipinski definition) is 5. The predicted molar refractivity (Wildman–Crippen MR) is 71.6 cm³/mol. The molecule has 0 aromatic carbocycles. The molecule has 0 fully saturated rings. The van der Waals surface area contributed by atoms with Gasteiger partial charge in [-0.3, -0.25) is 4.98 Å². The van der Waals surface area contributed by atoms with E-state index in [4.69, 9.17) is 10.5 Å². The fraction of sp³-hybridized carbons (Fsp3) is 0.231. The van der Waals surface area contributed by atoms with Gasteiger partial charge in [-0.2, -0.15) is 0 Å². The maximum Gasteiger partial charge on any atom is 0.348 e. The Bertz CT molecular complexity index is 559. The van der Waals surface area contributed by atoms with Gasteiger partial charge in [-0.1, -0.05) is 0 Å². The highest BCUT2D eigenvalue weighted by atomic mass is 32.1. The van der Waals surface area contributed by atoms with E-state index in [9.17, 15) is 4.79 Å². The first kappa shape index (κ1) is 12.6. The number of thiophene rings is 1. The smallest absolute Gasteiger partial charge is 0.348 e. The third-order valence-electron chi connectivity index (χ3n) is 2.46. The topological polar surface area (TPSA) is 65.2 Å². The minimum Gasteiger partial charge on any atom is -0.457 e. The van der Waals surface area contributed by atoms with Crippen molar-refractivity contribution in [2.75, 3.05) is 5.73 Å². The number of carbonyl (C=O) groups excluding carboxylic acids is 1. The Morgan fingerprint density at radius 1 is 1.39 bits per heavy atom. The van der Waals surface area contributed by atoms with Crippen LogP contribution < -0.4 is 5.73 Å². The molecule has 0 saturated heterocycles.